The molecule has 2 amide bonds. The third-order valence-electron chi connectivity index (χ3n) is 6.00. The summed E-state index contributed by atoms with van der Waals surface area (Å²) < 4.78 is 24.8. The maximum Gasteiger partial charge on any atom is 0.257 e. The van der Waals surface area contributed by atoms with Gasteiger partial charge in [-0.15, -0.1) is 0 Å². The zero-order valence-corrected chi connectivity index (χ0v) is 22.2. The van der Waals surface area contributed by atoms with Crippen LogP contribution in [0.1, 0.15) is 15.9 Å². The Morgan fingerprint density at radius 2 is 1.82 bits per heavy atom. The van der Waals surface area contributed by atoms with E-state index < -0.39 is 11.9 Å². The van der Waals surface area contributed by atoms with Crippen LogP contribution in [-0.4, -0.2) is 72.5 Å². The Balaban J connectivity index is 1.49. The van der Waals surface area contributed by atoms with E-state index in [0.29, 0.717) is 18.1 Å². The molecule has 38 heavy (non-hydrogen) atoms. The molecule has 0 saturated carbocycles. The summed E-state index contributed by atoms with van der Waals surface area (Å²) in [7, 11) is 1.99. The van der Waals surface area contributed by atoms with Gasteiger partial charge in [0, 0.05) is 37.4 Å². The number of rotatable bonds is 9. The number of ether oxygens (including phenoxy) is 2. The summed E-state index contributed by atoms with van der Waals surface area (Å²) in [4.78, 5) is 34.8. The van der Waals surface area contributed by atoms with Crippen LogP contribution in [0.4, 0.5) is 4.39 Å². The Labute approximate surface area is 230 Å². The van der Waals surface area contributed by atoms with Gasteiger partial charge >= 0.3 is 0 Å². The van der Waals surface area contributed by atoms with E-state index in [1.165, 1.54) is 30.5 Å². The second-order valence-electron chi connectivity index (χ2n) is 8.83. The molecule has 1 aliphatic heterocycles. The van der Waals surface area contributed by atoms with Gasteiger partial charge < -0.3 is 24.6 Å². The normalized spacial score (nSPS) is 14.7. The van der Waals surface area contributed by atoms with Gasteiger partial charge in [-0.25, -0.2) is 9.37 Å². The Morgan fingerprint density at radius 3 is 2.53 bits per heavy atom. The van der Waals surface area contributed by atoms with E-state index in [0.717, 1.165) is 18.7 Å². The predicted molar refractivity (Wildman–Crippen MR) is 142 cm³/mol. The van der Waals surface area contributed by atoms with Crippen molar-refractivity contribution in [2.24, 2.45) is 0 Å². The summed E-state index contributed by atoms with van der Waals surface area (Å²) in [6, 6.07) is 12.8. The Morgan fingerprint density at radius 1 is 1.08 bits per heavy atom. The van der Waals surface area contributed by atoms with Crippen LogP contribution >= 0.6 is 23.2 Å². The molecule has 8 nitrogen and oxygen atoms in total. The average Bonchev–Trinajstić information content (AvgIpc) is 2.91. The van der Waals surface area contributed by atoms with Crippen molar-refractivity contribution in [3.63, 3.8) is 0 Å². The molecule has 1 aromatic heterocycles. The lowest BCUT2D eigenvalue weighted by Gasteiger charge is -2.34. The topological polar surface area (TPSA) is 84.0 Å². The van der Waals surface area contributed by atoms with Crippen molar-refractivity contribution in [2.45, 2.75) is 12.6 Å². The fourth-order valence-electron chi connectivity index (χ4n) is 3.84. The number of likely N-dealkylation sites (N-methyl/N-ethyl adjacent to an activating group) is 1. The van der Waals surface area contributed by atoms with E-state index in [1.807, 2.05) is 7.05 Å². The van der Waals surface area contributed by atoms with Gasteiger partial charge in [-0.2, -0.15) is 0 Å². The Bertz CT molecular complexity index is 1270. The molecule has 0 spiro atoms. The first kappa shape index (κ1) is 27.8. The van der Waals surface area contributed by atoms with Crippen LogP contribution in [0.3, 0.4) is 0 Å². The predicted octanol–water partition coefficient (Wildman–Crippen LogP) is 4.41. The molecule has 1 saturated heterocycles. The van der Waals surface area contributed by atoms with Crippen molar-refractivity contribution in [1.82, 2.24) is 20.1 Å². The maximum atomic E-state index is 13.4. The molecule has 0 bridgehead atoms. The molecule has 0 aliphatic carbocycles. The zero-order valence-electron chi connectivity index (χ0n) is 20.7. The quantitative estimate of drug-likeness (QED) is 0.417. The molecule has 1 atom stereocenters. The number of nitrogens with one attached hydrogen (secondary N) is 1. The van der Waals surface area contributed by atoms with Crippen LogP contribution in [-0.2, 0) is 16.1 Å². The van der Waals surface area contributed by atoms with Crippen molar-refractivity contribution in [3.8, 4) is 11.6 Å². The fourth-order valence-corrected chi connectivity index (χ4v) is 4.29. The summed E-state index contributed by atoms with van der Waals surface area (Å²) in [6.07, 6.45) is 1.48. The lowest BCUT2D eigenvalue weighted by molar-refractivity contribution is -0.136. The van der Waals surface area contributed by atoms with Crippen LogP contribution < -0.4 is 10.1 Å². The SMILES string of the molecule is CN1CCN(C(=O)C(COCc2ccc(F)cc2)NC(=O)c2cccnc2Oc2ccc(Cl)cc2Cl)CC1. The Hall–Kier alpha value is -3.24. The molecule has 11 heteroatoms. The minimum absolute atomic E-state index is 0.0206. The molecule has 3 aromatic rings. The molecular weight excluding hydrogens is 534 g/mol. The number of benzene rings is 2. The first-order valence-corrected chi connectivity index (χ1v) is 12.7. The maximum absolute atomic E-state index is 13.4. The van der Waals surface area contributed by atoms with Crippen molar-refractivity contribution in [3.05, 3.63) is 87.8 Å². The number of nitrogens with zero attached hydrogens (tertiary/aromatic N) is 3. The number of pyridine rings is 1. The summed E-state index contributed by atoms with van der Waals surface area (Å²) in [5.41, 5.74) is 0.861. The molecule has 1 unspecified atom stereocenters. The van der Waals surface area contributed by atoms with Crippen molar-refractivity contribution < 1.29 is 23.5 Å². The van der Waals surface area contributed by atoms with E-state index in [-0.39, 0.29) is 47.2 Å². The Kier molecular flexibility index (Phi) is 9.52. The molecule has 0 radical (unpaired) electrons. The molecule has 200 valence electrons. The highest BCUT2D eigenvalue weighted by molar-refractivity contribution is 6.35. The number of hydrogen-bond donors (Lipinski definition) is 1. The number of amides is 2. The third-order valence-corrected chi connectivity index (χ3v) is 6.53. The lowest BCUT2D eigenvalue weighted by atomic mass is 10.2. The highest BCUT2D eigenvalue weighted by Crippen LogP contribution is 2.32. The van der Waals surface area contributed by atoms with Gasteiger partial charge in [0.25, 0.3) is 5.91 Å². The van der Waals surface area contributed by atoms with Crippen LogP contribution in [0, 0.1) is 5.82 Å². The van der Waals surface area contributed by atoms with Gasteiger partial charge in [0.2, 0.25) is 11.8 Å². The largest absolute Gasteiger partial charge is 0.437 e. The van der Waals surface area contributed by atoms with Crippen LogP contribution in [0.5, 0.6) is 11.6 Å². The van der Waals surface area contributed by atoms with Gasteiger partial charge in [0.15, 0.2) is 0 Å². The molecular formula is C27H27Cl2FN4O4. The van der Waals surface area contributed by atoms with Crippen molar-refractivity contribution in [1.29, 1.82) is 0 Å². The summed E-state index contributed by atoms with van der Waals surface area (Å²) in [5.74, 6) is -0.865. The number of hydrogen-bond acceptors (Lipinski definition) is 6. The van der Waals surface area contributed by atoms with Crippen molar-refractivity contribution in [2.75, 3.05) is 39.8 Å². The van der Waals surface area contributed by atoms with Crippen LogP contribution in [0.2, 0.25) is 10.0 Å². The minimum atomic E-state index is -0.960. The lowest BCUT2D eigenvalue weighted by Crippen LogP contribution is -2.55. The second-order valence-corrected chi connectivity index (χ2v) is 9.67. The molecule has 2 aromatic carbocycles. The number of carbonyl (C=O) groups excluding carboxylic acids is 2. The number of halogens is 3. The van der Waals surface area contributed by atoms with E-state index in [9.17, 15) is 14.0 Å². The summed E-state index contributed by atoms with van der Waals surface area (Å²) >= 11 is 12.2. The van der Waals surface area contributed by atoms with E-state index >= 15 is 0 Å². The fraction of sp³-hybridized carbons (Fsp3) is 0.296. The van der Waals surface area contributed by atoms with E-state index in [2.05, 4.69) is 15.2 Å². The number of piperazine rings is 1. The molecule has 4 rings (SSSR count). The molecule has 1 fully saturated rings. The standard InChI is InChI=1S/C27H27Cl2FN4O4/c1-33-11-13-34(14-12-33)27(36)23(17-37-16-18-4-7-20(30)8-5-18)32-25(35)21-3-2-10-31-26(21)38-24-9-6-19(28)15-22(24)29/h2-10,15,23H,11-14,16-17H2,1H3,(H,32,35). The van der Waals surface area contributed by atoms with Gasteiger partial charge in [-0.1, -0.05) is 35.3 Å². The van der Waals surface area contributed by atoms with Gasteiger partial charge in [0.05, 0.1) is 18.2 Å². The molecule has 1 N–H and O–H groups in total. The number of aromatic nitrogens is 1. The van der Waals surface area contributed by atoms with Gasteiger partial charge in [-0.3, -0.25) is 9.59 Å². The second kappa shape index (κ2) is 13.0. The van der Waals surface area contributed by atoms with Gasteiger partial charge in [0.1, 0.15) is 23.2 Å². The smallest absolute Gasteiger partial charge is 0.257 e. The van der Waals surface area contributed by atoms with Crippen LogP contribution in [0.15, 0.2) is 60.8 Å². The van der Waals surface area contributed by atoms with Gasteiger partial charge in [-0.05, 0) is 55.1 Å². The summed E-state index contributed by atoms with van der Waals surface area (Å²) in [6.45, 7) is 2.61. The van der Waals surface area contributed by atoms with E-state index in [4.69, 9.17) is 32.7 Å². The highest BCUT2D eigenvalue weighted by atomic mass is 35.5. The molecule has 2 heterocycles. The van der Waals surface area contributed by atoms with Crippen LogP contribution in [0.25, 0.3) is 0 Å². The monoisotopic (exact) mass is 560 g/mol. The first-order valence-electron chi connectivity index (χ1n) is 12.0. The first-order chi connectivity index (χ1) is 18.3. The zero-order chi connectivity index (χ0) is 27.1. The minimum Gasteiger partial charge on any atom is -0.437 e. The van der Waals surface area contributed by atoms with Crippen molar-refractivity contribution >= 4 is 35.0 Å². The van der Waals surface area contributed by atoms with E-state index in [1.54, 1.807) is 35.2 Å². The third kappa shape index (κ3) is 7.41. The number of carbonyl (C=O) groups is 2. The molecule has 1 aliphatic rings. The average molecular weight is 561 g/mol. The summed E-state index contributed by atoms with van der Waals surface area (Å²) in [5, 5.41) is 3.48. The highest BCUT2D eigenvalue weighted by Gasteiger charge is 2.29.